The Morgan fingerprint density at radius 2 is 1.81 bits per heavy atom. The number of nitrogens with one attached hydrogen (secondary N) is 1. The molecule has 2 unspecified atom stereocenters. The number of ether oxygens (including phenoxy) is 1. The van der Waals surface area contributed by atoms with Crippen molar-refractivity contribution in [3.8, 4) is 0 Å². The van der Waals surface area contributed by atoms with Crippen LogP contribution in [0.1, 0.15) is 90.9 Å². The molecule has 0 saturated carbocycles. The minimum Gasteiger partial charge on any atom is -0.389 e. The van der Waals surface area contributed by atoms with Crippen molar-refractivity contribution in [1.29, 1.82) is 0 Å². The van der Waals surface area contributed by atoms with E-state index >= 15 is 0 Å². The molecule has 2 atom stereocenters. The quantitative estimate of drug-likeness (QED) is 0.218. The molecule has 0 amide bonds. The first-order chi connectivity index (χ1) is 12.6. The van der Waals surface area contributed by atoms with Crippen LogP contribution in [0.25, 0.3) is 0 Å². The van der Waals surface area contributed by atoms with Crippen LogP contribution in [0.5, 0.6) is 0 Å². The zero-order valence-corrected chi connectivity index (χ0v) is 17.8. The Bertz CT molecular complexity index is 341. The molecular weight excluding hydrogens is 322 g/mol. The lowest BCUT2D eigenvalue weighted by molar-refractivity contribution is 0.0660. The van der Waals surface area contributed by atoms with Gasteiger partial charge in [0.05, 0.1) is 12.7 Å². The third kappa shape index (κ3) is 18.0. The van der Waals surface area contributed by atoms with E-state index in [9.17, 15) is 5.11 Å². The fourth-order valence-electron chi connectivity index (χ4n) is 3.04. The van der Waals surface area contributed by atoms with Crippen molar-refractivity contribution in [2.45, 2.75) is 97.0 Å². The molecule has 0 radical (unpaired) electrons. The van der Waals surface area contributed by atoms with E-state index in [1.165, 1.54) is 70.6 Å². The van der Waals surface area contributed by atoms with Crippen LogP contribution in [-0.4, -0.2) is 31.5 Å². The van der Waals surface area contributed by atoms with Crippen LogP contribution in [0.4, 0.5) is 0 Å². The molecule has 0 aromatic carbocycles. The summed E-state index contributed by atoms with van der Waals surface area (Å²) in [7, 11) is 1.60. The first kappa shape index (κ1) is 25.2. The Balaban J connectivity index is 3.37. The van der Waals surface area contributed by atoms with Crippen LogP contribution >= 0.6 is 0 Å². The number of hydrogen-bond acceptors (Lipinski definition) is 3. The normalized spacial score (nSPS) is 13.8. The van der Waals surface area contributed by atoms with Crippen LogP contribution < -0.4 is 5.32 Å². The highest BCUT2D eigenvalue weighted by Gasteiger charge is 2.03. The Morgan fingerprint density at radius 3 is 2.54 bits per heavy atom. The summed E-state index contributed by atoms with van der Waals surface area (Å²) in [4.78, 5) is 0. The zero-order valence-electron chi connectivity index (χ0n) is 17.8. The Morgan fingerprint density at radius 1 is 1.08 bits per heavy atom. The van der Waals surface area contributed by atoms with E-state index in [0.717, 1.165) is 18.0 Å². The topological polar surface area (TPSA) is 41.5 Å². The average Bonchev–Trinajstić information content (AvgIpc) is 2.62. The number of aliphatic hydroxyl groups excluding tert-OH is 1. The summed E-state index contributed by atoms with van der Waals surface area (Å²) in [6.07, 6.45) is 19.6. The molecule has 0 spiro atoms. The molecule has 26 heavy (non-hydrogen) atoms. The van der Waals surface area contributed by atoms with Gasteiger partial charge >= 0.3 is 0 Å². The molecule has 2 N–H and O–H groups in total. The van der Waals surface area contributed by atoms with Gasteiger partial charge in [0.2, 0.25) is 0 Å². The molecule has 154 valence electrons. The molecule has 0 saturated heterocycles. The molecule has 0 heterocycles. The third-order valence-electron chi connectivity index (χ3n) is 4.80. The summed E-state index contributed by atoms with van der Waals surface area (Å²) in [6, 6.07) is 0. The van der Waals surface area contributed by atoms with Crippen LogP contribution in [0.2, 0.25) is 0 Å². The Hall–Kier alpha value is -0.800. The van der Waals surface area contributed by atoms with E-state index in [0.29, 0.717) is 13.2 Å². The summed E-state index contributed by atoms with van der Waals surface area (Å²) in [6.45, 7) is 9.56. The van der Waals surface area contributed by atoms with E-state index in [1.807, 2.05) is 0 Å². The van der Waals surface area contributed by atoms with Gasteiger partial charge in [0, 0.05) is 19.4 Å². The van der Waals surface area contributed by atoms with Crippen molar-refractivity contribution in [2.24, 2.45) is 5.92 Å². The van der Waals surface area contributed by atoms with Crippen molar-refractivity contribution >= 4 is 0 Å². The van der Waals surface area contributed by atoms with Crippen molar-refractivity contribution in [1.82, 2.24) is 5.32 Å². The van der Waals surface area contributed by atoms with Gasteiger partial charge in [-0.2, -0.15) is 0 Å². The predicted molar refractivity (Wildman–Crippen MR) is 114 cm³/mol. The highest BCUT2D eigenvalue weighted by atomic mass is 16.5. The maximum Gasteiger partial charge on any atom is 0.0945 e. The summed E-state index contributed by atoms with van der Waals surface area (Å²) < 4.78 is 4.90. The lowest BCUT2D eigenvalue weighted by Crippen LogP contribution is -2.29. The van der Waals surface area contributed by atoms with Gasteiger partial charge in [0.25, 0.3) is 0 Å². The van der Waals surface area contributed by atoms with Gasteiger partial charge < -0.3 is 15.2 Å². The molecule has 0 aliphatic carbocycles. The van der Waals surface area contributed by atoms with Gasteiger partial charge in [-0.3, -0.25) is 0 Å². The van der Waals surface area contributed by atoms with Gasteiger partial charge in [-0.25, -0.2) is 0 Å². The molecule has 0 aliphatic rings. The summed E-state index contributed by atoms with van der Waals surface area (Å²) >= 11 is 0. The summed E-state index contributed by atoms with van der Waals surface area (Å²) in [5.74, 6) is 0.843. The second-order valence-corrected chi connectivity index (χ2v) is 7.71. The van der Waals surface area contributed by atoms with Crippen molar-refractivity contribution in [2.75, 3.05) is 20.3 Å². The maximum absolute atomic E-state index is 9.57. The largest absolute Gasteiger partial charge is 0.389 e. The fourth-order valence-corrected chi connectivity index (χ4v) is 3.04. The smallest absolute Gasteiger partial charge is 0.0945 e. The van der Waals surface area contributed by atoms with Crippen molar-refractivity contribution in [3.05, 3.63) is 24.4 Å². The number of aliphatic hydroxyl groups is 1. The van der Waals surface area contributed by atoms with E-state index in [-0.39, 0.29) is 0 Å². The summed E-state index contributed by atoms with van der Waals surface area (Å²) in [5, 5.41) is 12.8. The second-order valence-electron chi connectivity index (χ2n) is 7.71. The number of unbranched alkanes of at least 4 members (excludes halogenated alkanes) is 7. The minimum atomic E-state index is -0.455. The molecule has 0 fully saturated rings. The van der Waals surface area contributed by atoms with Crippen molar-refractivity contribution in [3.63, 3.8) is 0 Å². The van der Waals surface area contributed by atoms with E-state index in [4.69, 9.17) is 4.74 Å². The molecule has 0 aromatic heterocycles. The molecule has 3 heteroatoms. The van der Waals surface area contributed by atoms with Gasteiger partial charge in [0.15, 0.2) is 0 Å². The zero-order chi connectivity index (χ0) is 19.5. The lowest BCUT2D eigenvalue weighted by atomic mass is 9.99. The monoisotopic (exact) mass is 367 g/mol. The highest BCUT2D eigenvalue weighted by molar-refractivity contribution is 4.91. The molecule has 0 aliphatic heterocycles. The van der Waals surface area contributed by atoms with Gasteiger partial charge in [-0.15, -0.1) is 0 Å². The average molecular weight is 368 g/mol. The van der Waals surface area contributed by atoms with Gasteiger partial charge in [0.1, 0.15) is 0 Å². The number of rotatable bonds is 19. The molecule has 0 aromatic rings. The van der Waals surface area contributed by atoms with E-state index in [1.54, 1.807) is 7.11 Å². The molecular formula is C23H45NO2. The van der Waals surface area contributed by atoms with Crippen LogP contribution in [0.3, 0.4) is 0 Å². The second kappa shape index (κ2) is 19.0. The van der Waals surface area contributed by atoms with Gasteiger partial charge in [-0.05, 0) is 38.0 Å². The Kier molecular flexibility index (Phi) is 18.4. The van der Waals surface area contributed by atoms with Gasteiger partial charge in [-0.1, -0.05) is 77.5 Å². The predicted octanol–water partition coefficient (Wildman–Crippen LogP) is 5.99. The SMILES string of the molecule is C=C(CCCCCCC/C=C\CC(C)CCCCC)NCC(O)COC. The Labute approximate surface area is 163 Å². The van der Waals surface area contributed by atoms with E-state index < -0.39 is 6.10 Å². The first-order valence-corrected chi connectivity index (χ1v) is 10.8. The molecule has 0 bridgehead atoms. The third-order valence-corrected chi connectivity index (χ3v) is 4.80. The van der Waals surface area contributed by atoms with Crippen molar-refractivity contribution < 1.29 is 9.84 Å². The lowest BCUT2D eigenvalue weighted by Gasteiger charge is -2.13. The van der Waals surface area contributed by atoms with Crippen LogP contribution in [0, 0.1) is 5.92 Å². The first-order valence-electron chi connectivity index (χ1n) is 10.8. The standard InChI is InChI=1S/C23H45NO2/c1-5-6-13-16-21(2)17-14-11-9-7-8-10-12-15-18-22(3)24-19-23(25)20-26-4/h11,14,21,23-25H,3,5-10,12-13,15-20H2,1-2,4H3/b14-11-. The number of allylic oxidation sites excluding steroid dienone is 3. The molecule has 0 rings (SSSR count). The van der Waals surface area contributed by atoms with Crippen LogP contribution in [-0.2, 0) is 4.74 Å². The number of hydrogen-bond donors (Lipinski definition) is 2. The van der Waals surface area contributed by atoms with E-state index in [2.05, 4.69) is 37.9 Å². The number of methoxy groups -OCH3 is 1. The highest BCUT2D eigenvalue weighted by Crippen LogP contribution is 2.14. The fraction of sp³-hybridized carbons (Fsp3) is 0.826. The maximum atomic E-state index is 9.57. The summed E-state index contributed by atoms with van der Waals surface area (Å²) in [5.41, 5.74) is 1.02. The van der Waals surface area contributed by atoms with Crippen LogP contribution in [0.15, 0.2) is 24.4 Å². The molecule has 3 nitrogen and oxygen atoms in total. The minimum absolute atomic E-state index is 0.368.